The van der Waals surface area contributed by atoms with Crippen molar-refractivity contribution >= 4 is 23.8 Å². The molecule has 186 valence electrons. The Labute approximate surface area is 221 Å². The zero-order valence-electron chi connectivity index (χ0n) is 20.9. The van der Waals surface area contributed by atoms with E-state index in [-0.39, 0.29) is 11.0 Å². The Kier molecular flexibility index (Phi) is 6.17. The van der Waals surface area contributed by atoms with Gasteiger partial charge in [0.25, 0.3) is 5.56 Å². The van der Waals surface area contributed by atoms with Gasteiger partial charge in [-0.1, -0.05) is 85.0 Å². The largest absolute Gasteiger partial charge is 0.268 e. The molecule has 4 aromatic rings. The Bertz CT molecular complexity index is 1530. The maximum atomic E-state index is 14.5. The van der Waals surface area contributed by atoms with Crippen LogP contribution in [0.15, 0.2) is 82.7 Å². The second kappa shape index (κ2) is 9.64. The molecule has 3 aromatic carbocycles. The zero-order chi connectivity index (χ0) is 25.4. The van der Waals surface area contributed by atoms with Crippen LogP contribution in [0.1, 0.15) is 54.4 Å². The van der Waals surface area contributed by atoms with E-state index in [4.69, 9.17) is 16.6 Å². The molecule has 0 bridgehead atoms. The fraction of sp³-hybridized carbons (Fsp3) is 0.258. The summed E-state index contributed by atoms with van der Waals surface area (Å²) in [5.41, 5.74) is 9.69. The summed E-state index contributed by atoms with van der Waals surface area (Å²) in [7, 11) is 0. The fourth-order valence-corrected chi connectivity index (χ4v) is 6.06. The molecule has 1 N–H and O–H groups in total. The lowest BCUT2D eigenvalue weighted by atomic mass is 9.62. The second-order valence-electron chi connectivity index (χ2n) is 10.2. The van der Waals surface area contributed by atoms with Crippen LogP contribution in [0.25, 0.3) is 16.9 Å². The molecular weight excluding hydrogens is 480 g/mol. The minimum Gasteiger partial charge on any atom is -0.268 e. The van der Waals surface area contributed by atoms with E-state index >= 15 is 0 Å². The molecule has 1 aromatic heterocycles. The molecule has 0 aliphatic heterocycles. The number of aryl methyl sites for hydroxylation is 1. The molecule has 37 heavy (non-hydrogen) atoms. The van der Waals surface area contributed by atoms with Crippen LogP contribution in [-0.2, 0) is 11.8 Å². The number of rotatable bonds is 4. The lowest BCUT2D eigenvalue weighted by molar-refractivity contribution is 0.284. The standard InChI is InChI=1S/C31H29ClN4O/c1-21-9-15-25(16-10-21)36-29(37)27-28(34-30(36)35-33-20-22-11-13-24(32)14-12-22)26-8-4-3-7-23(26)19-31(27)17-5-2-6-18-31/h3-4,7-16,20H,2,5-6,17-19H2,1H3,(H,34,35)/b33-20-. The number of aromatic nitrogens is 2. The Morgan fingerprint density at radius 2 is 1.70 bits per heavy atom. The van der Waals surface area contributed by atoms with Crippen LogP contribution in [0.5, 0.6) is 0 Å². The molecule has 6 heteroatoms. The summed E-state index contributed by atoms with van der Waals surface area (Å²) in [5.74, 6) is 0.403. The minimum atomic E-state index is -0.177. The average molecular weight is 509 g/mol. The quantitative estimate of drug-likeness (QED) is 0.237. The van der Waals surface area contributed by atoms with Gasteiger partial charge in [0.05, 0.1) is 23.2 Å². The van der Waals surface area contributed by atoms with Crippen LogP contribution in [0.3, 0.4) is 0 Å². The van der Waals surface area contributed by atoms with Gasteiger partial charge in [0, 0.05) is 16.0 Å². The highest BCUT2D eigenvalue weighted by atomic mass is 35.5. The number of anilines is 1. The molecule has 2 aliphatic rings. The summed E-state index contributed by atoms with van der Waals surface area (Å²) < 4.78 is 1.70. The molecule has 1 saturated carbocycles. The second-order valence-corrected chi connectivity index (χ2v) is 10.7. The first kappa shape index (κ1) is 23.7. The summed E-state index contributed by atoms with van der Waals surface area (Å²) in [6, 6.07) is 23.8. The number of nitrogens with zero attached hydrogens (tertiary/aromatic N) is 3. The van der Waals surface area contributed by atoms with E-state index in [1.807, 2.05) is 61.5 Å². The van der Waals surface area contributed by atoms with Crippen molar-refractivity contribution in [2.75, 3.05) is 5.43 Å². The highest BCUT2D eigenvalue weighted by molar-refractivity contribution is 6.30. The summed E-state index contributed by atoms with van der Waals surface area (Å²) in [6.07, 6.45) is 8.12. The van der Waals surface area contributed by atoms with Crippen LogP contribution in [0, 0.1) is 6.92 Å². The van der Waals surface area contributed by atoms with E-state index in [2.05, 4.69) is 28.7 Å². The number of hydrogen-bond acceptors (Lipinski definition) is 4. The first-order valence-corrected chi connectivity index (χ1v) is 13.3. The van der Waals surface area contributed by atoms with Gasteiger partial charge in [0.1, 0.15) is 0 Å². The van der Waals surface area contributed by atoms with E-state index in [9.17, 15) is 4.79 Å². The minimum absolute atomic E-state index is 0.00514. The Balaban J connectivity index is 1.55. The number of hydrogen-bond donors (Lipinski definition) is 1. The molecule has 0 saturated heterocycles. The van der Waals surface area contributed by atoms with Crippen LogP contribution >= 0.6 is 11.6 Å². The van der Waals surface area contributed by atoms with Gasteiger partial charge in [-0.2, -0.15) is 5.10 Å². The van der Waals surface area contributed by atoms with Crippen molar-refractivity contribution in [3.05, 3.63) is 110 Å². The maximum absolute atomic E-state index is 14.5. The van der Waals surface area contributed by atoms with Crippen LogP contribution < -0.4 is 11.0 Å². The monoisotopic (exact) mass is 508 g/mol. The Hall–Kier alpha value is -3.70. The molecule has 0 amide bonds. The molecule has 0 radical (unpaired) electrons. The van der Waals surface area contributed by atoms with Gasteiger partial charge in [-0.25, -0.2) is 15.0 Å². The van der Waals surface area contributed by atoms with Gasteiger partial charge >= 0.3 is 0 Å². The molecular formula is C31H29ClN4O. The number of fused-ring (bicyclic) bond motifs is 4. The third-order valence-electron chi connectivity index (χ3n) is 7.77. The summed E-state index contributed by atoms with van der Waals surface area (Å²) in [4.78, 5) is 19.6. The van der Waals surface area contributed by atoms with Crippen LogP contribution in [0.2, 0.25) is 5.02 Å². The summed E-state index contributed by atoms with van der Waals surface area (Å²) in [5, 5.41) is 5.13. The van der Waals surface area contributed by atoms with Crippen molar-refractivity contribution in [1.29, 1.82) is 0 Å². The van der Waals surface area contributed by atoms with Crippen molar-refractivity contribution in [3.63, 3.8) is 0 Å². The van der Waals surface area contributed by atoms with Crippen molar-refractivity contribution in [3.8, 4) is 16.9 Å². The van der Waals surface area contributed by atoms with Gasteiger partial charge in [-0.3, -0.25) is 4.79 Å². The lowest BCUT2D eigenvalue weighted by Crippen LogP contribution is -2.42. The Morgan fingerprint density at radius 1 is 0.973 bits per heavy atom. The van der Waals surface area contributed by atoms with Crippen molar-refractivity contribution < 1.29 is 0 Å². The van der Waals surface area contributed by atoms with E-state index < -0.39 is 0 Å². The highest BCUT2D eigenvalue weighted by Gasteiger charge is 2.43. The van der Waals surface area contributed by atoms with E-state index in [1.165, 1.54) is 12.0 Å². The van der Waals surface area contributed by atoms with Crippen molar-refractivity contribution in [2.24, 2.45) is 5.10 Å². The van der Waals surface area contributed by atoms with Gasteiger partial charge in [-0.05, 0) is 61.6 Å². The predicted octanol–water partition coefficient (Wildman–Crippen LogP) is 7.07. The van der Waals surface area contributed by atoms with Gasteiger partial charge in [0.15, 0.2) is 0 Å². The lowest BCUT2D eigenvalue weighted by Gasteiger charge is -2.42. The zero-order valence-corrected chi connectivity index (χ0v) is 21.6. The SMILES string of the molecule is Cc1ccc(-n2c(N/N=C\c3ccc(Cl)cc3)nc3c(c2=O)C2(CCCCC2)Cc2ccccc2-3)cc1. The van der Waals surface area contributed by atoms with E-state index in [0.717, 1.165) is 65.7 Å². The maximum Gasteiger partial charge on any atom is 0.263 e. The summed E-state index contributed by atoms with van der Waals surface area (Å²) in [6.45, 7) is 2.04. The topological polar surface area (TPSA) is 59.3 Å². The van der Waals surface area contributed by atoms with Crippen molar-refractivity contribution in [1.82, 2.24) is 9.55 Å². The van der Waals surface area contributed by atoms with Gasteiger partial charge in [0.2, 0.25) is 5.95 Å². The molecule has 0 atom stereocenters. The molecule has 0 unspecified atom stereocenters. The first-order valence-electron chi connectivity index (χ1n) is 12.9. The Morgan fingerprint density at radius 3 is 2.46 bits per heavy atom. The van der Waals surface area contributed by atoms with Crippen LogP contribution in [-0.4, -0.2) is 15.8 Å². The van der Waals surface area contributed by atoms with Gasteiger partial charge < -0.3 is 0 Å². The van der Waals surface area contributed by atoms with Gasteiger partial charge in [-0.15, -0.1) is 0 Å². The highest BCUT2D eigenvalue weighted by Crippen LogP contribution is 2.48. The van der Waals surface area contributed by atoms with E-state index in [0.29, 0.717) is 11.0 Å². The molecule has 5 nitrogen and oxygen atoms in total. The fourth-order valence-electron chi connectivity index (χ4n) is 5.93. The third-order valence-corrected chi connectivity index (χ3v) is 8.02. The normalized spacial score (nSPS) is 15.9. The average Bonchev–Trinajstić information content (AvgIpc) is 2.91. The third kappa shape index (κ3) is 4.38. The number of halogens is 1. The smallest absolute Gasteiger partial charge is 0.263 e. The molecule has 2 aliphatic carbocycles. The predicted molar refractivity (Wildman–Crippen MR) is 151 cm³/mol. The number of benzene rings is 3. The molecule has 1 heterocycles. The molecule has 1 fully saturated rings. The first-order chi connectivity index (χ1) is 18.0. The number of hydrazone groups is 1. The summed E-state index contributed by atoms with van der Waals surface area (Å²) >= 11 is 6.02. The van der Waals surface area contributed by atoms with E-state index in [1.54, 1.807) is 10.8 Å². The molecule has 6 rings (SSSR count). The number of nitrogens with one attached hydrogen (secondary N) is 1. The van der Waals surface area contributed by atoms with Crippen molar-refractivity contribution in [2.45, 2.75) is 50.9 Å². The molecule has 1 spiro atoms. The van der Waals surface area contributed by atoms with Crippen LogP contribution in [0.4, 0.5) is 5.95 Å².